The number of ether oxygens (including phenoxy) is 1. The van der Waals surface area contributed by atoms with Crippen molar-refractivity contribution in [3.05, 3.63) is 0 Å². The van der Waals surface area contributed by atoms with Crippen LogP contribution in [0.2, 0.25) is 0 Å². The zero-order chi connectivity index (χ0) is 12.1. The molecule has 0 bridgehead atoms. The van der Waals surface area contributed by atoms with E-state index in [0.29, 0.717) is 5.92 Å². The molecule has 2 aliphatic carbocycles. The Morgan fingerprint density at radius 1 is 0.941 bits per heavy atom. The van der Waals surface area contributed by atoms with Crippen molar-refractivity contribution >= 4 is 0 Å². The average molecular weight is 239 g/mol. The molecule has 2 rings (SSSR count). The van der Waals surface area contributed by atoms with Crippen LogP contribution in [0.3, 0.4) is 0 Å². The summed E-state index contributed by atoms with van der Waals surface area (Å²) in [5.41, 5.74) is 6.62. The molecule has 1 unspecified atom stereocenters. The molecule has 0 radical (unpaired) electrons. The molecule has 100 valence electrons. The van der Waals surface area contributed by atoms with Gasteiger partial charge in [-0.3, -0.25) is 0 Å². The molecule has 2 aliphatic rings. The molecule has 2 fully saturated rings. The van der Waals surface area contributed by atoms with Crippen LogP contribution in [-0.4, -0.2) is 18.8 Å². The van der Waals surface area contributed by atoms with Crippen LogP contribution in [-0.2, 0) is 4.74 Å². The van der Waals surface area contributed by atoms with E-state index in [9.17, 15) is 0 Å². The van der Waals surface area contributed by atoms with Crippen molar-refractivity contribution in [3.8, 4) is 0 Å². The number of rotatable bonds is 3. The first-order valence-electron chi connectivity index (χ1n) is 7.59. The Morgan fingerprint density at radius 3 is 2.00 bits per heavy atom. The quantitative estimate of drug-likeness (QED) is 0.763. The summed E-state index contributed by atoms with van der Waals surface area (Å²) in [5.74, 6) is 0.704. The van der Waals surface area contributed by atoms with Gasteiger partial charge >= 0.3 is 0 Å². The van der Waals surface area contributed by atoms with Gasteiger partial charge in [-0.25, -0.2) is 0 Å². The minimum absolute atomic E-state index is 0.00720. The third-order valence-corrected chi connectivity index (χ3v) is 5.12. The second-order valence-corrected chi connectivity index (χ2v) is 6.11. The normalized spacial score (nSPS) is 28.6. The second-order valence-electron chi connectivity index (χ2n) is 6.11. The smallest absolute Gasteiger partial charge is 0.0831 e. The zero-order valence-electron chi connectivity index (χ0n) is 11.4. The molecule has 0 amide bonds. The molecule has 0 aromatic rings. The maximum Gasteiger partial charge on any atom is 0.0831 e. The fourth-order valence-corrected chi connectivity index (χ4v) is 3.92. The first-order chi connectivity index (χ1) is 8.28. The number of hydrogen-bond donors (Lipinski definition) is 1. The van der Waals surface area contributed by atoms with E-state index in [1.807, 2.05) is 7.11 Å². The third kappa shape index (κ3) is 3.03. The molecule has 0 aliphatic heterocycles. The lowest BCUT2D eigenvalue weighted by Crippen LogP contribution is -2.54. The molecule has 2 N–H and O–H groups in total. The van der Waals surface area contributed by atoms with Crippen LogP contribution in [0.5, 0.6) is 0 Å². The van der Waals surface area contributed by atoms with Crippen molar-refractivity contribution in [2.24, 2.45) is 11.7 Å². The van der Waals surface area contributed by atoms with E-state index in [-0.39, 0.29) is 11.6 Å². The molecule has 1 atom stereocenters. The van der Waals surface area contributed by atoms with E-state index in [0.717, 1.165) is 0 Å². The standard InChI is InChI=1S/C15H29NO/c1-17-15(11-7-4-8-12-15)14(16)13-9-5-2-3-6-10-13/h13-14H,2-12,16H2,1H3. The number of hydrogen-bond acceptors (Lipinski definition) is 2. The highest BCUT2D eigenvalue weighted by Crippen LogP contribution is 2.39. The van der Waals surface area contributed by atoms with Gasteiger partial charge in [-0.15, -0.1) is 0 Å². The SMILES string of the molecule is COC1(C(N)C2CCCCCC2)CCCCC1. The lowest BCUT2D eigenvalue weighted by Gasteiger charge is -2.44. The lowest BCUT2D eigenvalue weighted by atomic mass is 9.73. The second kappa shape index (κ2) is 6.19. The molecule has 0 saturated heterocycles. The molecule has 0 aromatic heterocycles. The van der Waals surface area contributed by atoms with Crippen molar-refractivity contribution in [2.45, 2.75) is 82.3 Å². The predicted octanol–water partition coefficient (Wildman–Crippen LogP) is 3.63. The van der Waals surface area contributed by atoms with Gasteiger partial charge in [0.15, 0.2) is 0 Å². The maximum atomic E-state index is 6.61. The fourth-order valence-electron chi connectivity index (χ4n) is 3.92. The highest BCUT2D eigenvalue weighted by molar-refractivity contribution is 4.97. The topological polar surface area (TPSA) is 35.2 Å². The number of nitrogens with two attached hydrogens (primary N) is 1. The van der Waals surface area contributed by atoms with Crippen molar-refractivity contribution in [3.63, 3.8) is 0 Å². The van der Waals surface area contributed by atoms with E-state index >= 15 is 0 Å². The van der Waals surface area contributed by atoms with E-state index in [2.05, 4.69) is 0 Å². The van der Waals surface area contributed by atoms with Gasteiger partial charge in [0.2, 0.25) is 0 Å². The monoisotopic (exact) mass is 239 g/mol. The van der Waals surface area contributed by atoms with Gasteiger partial charge in [0.25, 0.3) is 0 Å². The van der Waals surface area contributed by atoms with Gasteiger partial charge in [0, 0.05) is 13.2 Å². The van der Waals surface area contributed by atoms with Crippen LogP contribution < -0.4 is 5.73 Å². The minimum atomic E-state index is 0.00720. The van der Waals surface area contributed by atoms with Crippen molar-refractivity contribution in [2.75, 3.05) is 7.11 Å². The van der Waals surface area contributed by atoms with Gasteiger partial charge in [-0.05, 0) is 31.6 Å². The Bertz CT molecular complexity index is 215. The Kier molecular flexibility index (Phi) is 4.87. The first-order valence-corrected chi connectivity index (χ1v) is 7.59. The van der Waals surface area contributed by atoms with Gasteiger partial charge in [-0.1, -0.05) is 44.9 Å². The van der Waals surface area contributed by atoms with Crippen LogP contribution in [0.1, 0.15) is 70.6 Å². The molecule has 0 aromatic carbocycles. The van der Waals surface area contributed by atoms with E-state index < -0.39 is 0 Å². The lowest BCUT2D eigenvalue weighted by molar-refractivity contribution is -0.0729. The Morgan fingerprint density at radius 2 is 1.47 bits per heavy atom. The summed E-state index contributed by atoms with van der Waals surface area (Å²) < 4.78 is 5.91. The van der Waals surface area contributed by atoms with Gasteiger partial charge in [0.1, 0.15) is 0 Å². The highest BCUT2D eigenvalue weighted by atomic mass is 16.5. The van der Waals surface area contributed by atoms with Crippen LogP contribution in [0, 0.1) is 5.92 Å². The van der Waals surface area contributed by atoms with Crippen LogP contribution in [0.25, 0.3) is 0 Å². The zero-order valence-corrected chi connectivity index (χ0v) is 11.4. The molecule has 0 spiro atoms. The van der Waals surface area contributed by atoms with Crippen LogP contribution in [0.4, 0.5) is 0 Å². The van der Waals surface area contributed by atoms with E-state index in [1.54, 1.807) is 0 Å². The average Bonchev–Trinajstić information content (AvgIpc) is 2.67. The summed E-state index contributed by atoms with van der Waals surface area (Å²) in [6, 6.07) is 0.269. The minimum Gasteiger partial charge on any atom is -0.377 e. The molecule has 2 saturated carbocycles. The van der Waals surface area contributed by atoms with Crippen LogP contribution >= 0.6 is 0 Å². The van der Waals surface area contributed by atoms with E-state index in [4.69, 9.17) is 10.5 Å². The molecule has 17 heavy (non-hydrogen) atoms. The number of methoxy groups -OCH3 is 1. The largest absolute Gasteiger partial charge is 0.377 e. The molecular formula is C15H29NO. The summed E-state index contributed by atoms with van der Waals surface area (Å²) in [5, 5.41) is 0. The molecule has 2 nitrogen and oxygen atoms in total. The summed E-state index contributed by atoms with van der Waals surface area (Å²) in [7, 11) is 1.88. The summed E-state index contributed by atoms with van der Waals surface area (Å²) in [6.07, 6.45) is 14.5. The summed E-state index contributed by atoms with van der Waals surface area (Å²) >= 11 is 0. The first kappa shape index (κ1) is 13.4. The van der Waals surface area contributed by atoms with Gasteiger partial charge in [-0.2, -0.15) is 0 Å². The van der Waals surface area contributed by atoms with Gasteiger partial charge < -0.3 is 10.5 Å². The molecular weight excluding hydrogens is 210 g/mol. The van der Waals surface area contributed by atoms with E-state index in [1.165, 1.54) is 70.6 Å². The van der Waals surface area contributed by atoms with Crippen molar-refractivity contribution in [1.29, 1.82) is 0 Å². The highest BCUT2D eigenvalue weighted by Gasteiger charge is 2.41. The fraction of sp³-hybridized carbons (Fsp3) is 1.00. The third-order valence-electron chi connectivity index (χ3n) is 5.12. The molecule has 2 heteroatoms. The van der Waals surface area contributed by atoms with Gasteiger partial charge in [0.05, 0.1) is 5.60 Å². The Hall–Kier alpha value is -0.0800. The summed E-state index contributed by atoms with van der Waals surface area (Å²) in [4.78, 5) is 0. The summed E-state index contributed by atoms with van der Waals surface area (Å²) in [6.45, 7) is 0. The predicted molar refractivity (Wildman–Crippen MR) is 72.0 cm³/mol. The van der Waals surface area contributed by atoms with Crippen molar-refractivity contribution < 1.29 is 4.74 Å². The molecule has 0 heterocycles. The van der Waals surface area contributed by atoms with Crippen LogP contribution in [0.15, 0.2) is 0 Å². The Balaban J connectivity index is 2.01. The Labute approximate surface area is 106 Å². The van der Waals surface area contributed by atoms with Crippen molar-refractivity contribution in [1.82, 2.24) is 0 Å². The maximum absolute atomic E-state index is 6.61.